The third kappa shape index (κ3) is 9.28. The van der Waals surface area contributed by atoms with E-state index in [9.17, 15) is 4.79 Å². The first kappa shape index (κ1) is 22.5. The Morgan fingerprint density at radius 1 is 1.03 bits per heavy atom. The zero-order valence-corrected chi connectivity index (χ0v) is 17.2. The van der Waals surface area contributed by atoms with Gasteiger partial charge in [0.05, 0.1) is 20.1 Å². The first-order chi connectivity index (χ1) is 14.2. The van der Waals surface area contributed by atoms with Gasteiger partial charge in [-0.25, -0.2) is 0 Å². The number of rotatable bonds is 14. The second-order valence-electron chi connectivity index (χ2n) is 6.95. The van der Waals surface area contributed by atoms with Crippen LogP contribution in [0.5, 0.6) is 11.5 Å². The Morgan fingerprint density at radius 3 is 2.48 bits per heavy atom. The Labute approximate surface area is 173 Å². The topological polar surface area (TPSA) is 68.7 Å². The van der Waals surface area contributed by atoms with E-state index in [2.05, 4.69) is 17.1 Å². The van der Waals surface area contributed by atoms with Crippen LogP contribution in [0.1, 0.15) is 56.2 Å². The van der Waals surface area contributed by atoms with E-state index in [1.807, 2.05) is 24.3 Å². The van der Waals surface area contributed by atoms with E-state index >= 15 is 0 Å². The van der Waals surface area contributed by atoms with Crippen LogP contribution in [0.3, 0.4) is 0 Å². The van der Waals surface area contributed by atoms with Crippen LogP contribution in [0.25, 0.3) is 6.08 Å². The van der Waals surface area contributed by atoms with Gasteiger partial charge >= 0.3 is 5.97 Å². The van der Waals surface area contributed by atoms with Gasteiger partial charge in [0.15, 0.2) is 0 Å². The molecule has 29 heavy (non-hydrogen) atoms. The fourth-order valence-electron chi connectivity index (χ4n) is 3.03. The van der Waals surface area contributed by atoms with Crippen molar-refractivity contribution in [2.24, 2.45) is 0 Å². The fourth-order valence-corrected chi connectivity index (χ4v) is 3.03. The molecule has 1 heterocycles. The summed E-state index contributed by atoms with van der Waals surface area (Å²) in [6.07, 6.45) is 13.1. The van der Waals surface area contributed by atoms with Crippen LogP contribution in [0.4, 0.5) is 0 Å². The molecule has 0 fully saturated rings. The summed E-state index contributed by atoms with van der Waals surface area (Å²) in [6, 6.07) is 12.0. The van der Waals surface area contributed by atoms with Crippen molar-refractivity contribution < 1.29 is 19.4 Å². The molecule has 0 atom stereocenters. The van der Waals surface area contributed by atoms with E-state index in [1.165, 1.54) is 31.2 Å². The number of aryl methyl sites for hydroxylation is 1. The van der Waals surface area contributed by atoms with Crippen LogP contribution in [-0.2, 0) is 11.2 Å². The quantitative estimate of drug-likeness (QED) is 0.424. The van der Waals surface area contributed by atoms with Gasteiger partial charge in [-0.15, -0.1) is 0 Å². The second-order valence-corrected chi connectivity index (χ2v) is 6.95. The Bertz CT molecular complexity index is 756. The molecule has 0 bridgehead atoms. The lowest BCUT2D eigenvalue weighted by atomic mass is 10.0. The third-order valence-corrected chi connectivity index (χ3v) is 4.64. The number of hydrogen-bond donors (Lipinski definition) is 1. The molecule has 2 rings (SSSR count). The van der Waals surface area contributed by atoms with Gasteiger partial charge in [-0.3, -0.25) is 9.78 Å². The number of nitrogens with zero attached hydrogens (tertiary/aromatic N) is 1. The molecule has 5 heteroatoms. The number of carbonyl (C=O) groups is 1. The predicted octanol–water partition coefficient (Wildman–Crippen LogP) is 5.54. The number of methoxy groups -OCH3 is 1. The lowest BCUT2D eigenvalue weighted by Gasteiger charge is -2.08. The Morgan fingerprint density at radius 2 is 1.76 bits per heavy atom. The van der Waals surface area contributed by atoms with Gasteiger partial charge < -0.3 is 14.6 Å². The smallest absolute Gasteiger partial charge is 0.307 e. The first-order valence-corrected chi connectivity index (χ1v) is 10.3. The highest BCUT2D eigenvalue weighted by Gasteiger charge is 2.02. The second kappa shape index (κ2) is 13.4. The standard InChI is InChI=1S/C24H31NO4/c1-28-21-16-14-20(15-17-21)10-6-4-2-3-5-7-19-29-23-12-9-18-25-22(23)11-8-13-24(26)27/h8-9,11-12,14-18H,2-7,10,13,19H2,1H3,(H,26,27). The van der Waals surface area contributed by atoms with Crippen molar-refractivity contribution in [2.45, 2.75) is 51.4 Å². The molecule has 1 N–H and O–H groups in total. The summed E-state index contributed by atoms with van der Waals surface area (Å²) in [7, 11) is 1.69. The van der Waals surface area contributed by atoms with E-state index in [0.29, 0.717) is 18.1 Å². The highest BCUT2D eigenvalue weighted by molar-refractivity contribution is 5.70. The number of aromatic nitrogens is 1. The molecule has 0 saturated carbocycles. The van der Waals surface area contributed by atoms with E-state index in [4.69, 9.17) is 14.6 Å². The molecule has 5 nitrogen and oxygen atoms in total. The molecule has 0 aliphatic heterocycles. The highest BCUT2D eigenvalue weighted by atomic mass is 16.5. The molecule has 156 valence electrons. The molecule has 2 aromatic rings. The zero-order chi connectivity index (χ0) is 20.7. The number of ether oxygens (including phenoxy) is 2. The fraction of sp³-hybridized carbons (Fsp3) is 0.417. The summed E-state index contributed by atoms with van der Waals surface area (Å²) in [6.45, 7) is 0.650. The van der Waals surface area contributed by atoms with Crippen molar-refractivity contribution in [3.8, 4) is 11.5 Å². The maximum atomic E-state index is 10.6. The average molecular weight is 398 g/mol. The van der Waals surface area contributed by atoms with Gasteiger partial charge in [0.1, 0.15) is 17.2 Å². The van der Waals surface area contributed by atoms with Crippen molar-refractivity contribution in [2.75, 3.05) is 13.7 Å². The average Bonchev–Trinajstić information content (AvgIpc) is 2.73. The molecule has 0 aliphatic carbocycles. The monoisotopic (exact) mass is 397 g/mol. The molecule has 0 unspecified atom stereocenters. The summed E-state index contributed by atoms with van der Waals surface area (Å²) in [5.41, 5.74) is 2.04. The zero-order valence-electron chi connectivity index (χ0n) is 17.2. The van der Waals surface area contributed by atoms with Crippen molar-refractivity contribution in [3.05, 3.63) is 59.9 Å². The largest absolute Gasteiger partial charge is 0.497 e. The van der Waals surface area contributed by atoms with Crippen LogP contribution in [0.2, 0.25) is 0 Å². The van der Waals surface area contributed by atoms with Crippen LogP contribution in [0, 0.1) is 0 Å². The normalized spacial score (nSPS) is 10.9. The minimum absolute atomic E-state index is 0.0194. The predicted molar refractivity (Wildman–Crippen MR) is 115 cm³/mol. The lowest BCUT2D eigenvalue weighted by Crippen LogP contribution is -2.00. The molecule has 0 spiro atoms. The van der Waals surface area contributed by atoms with Gasteiger partial charge in [0.2, 0.25) is 0 Å². The maximum Gasteiger partial charge on any atom is 0.307 e. The minimum Gasteiger partial charge on any atom is -0.497 e. The van der Waals surface area contributed by atoms with Gasteiger partial charge in [-0.2, -0.15) is 0 Å². The molecule has 0 radical (unpaired) electrons. The van der Waals surface area contributed by atoms with Crippen LogP contribution in [0.15, 0.2) is 48.7 Å². The van der Waals surface area contributed by atoms with Gasteiger partial charge in [0.25, 0.3) is 0 Å². The Hall–Kier alpha value is -2.82. The molecule has 1 aromatic carbocycles. The van der Waals surface area contributed by atoms with E-state index in [0.717, 1.165) is 25.0 Å². The van der Waals surface area contributed by atoms with Crippen molar-refractivity contribution in [1.82, 2.24) is 4.98 Å². The van der Waals surface area contributed by atoms with Gasteiger partial charge in [-0.05, 0) is 55.2 Å². The van der Waals surface area contributed by atoms with E-state index in [1.54, 1.807) is 25.5 Å². The number of hydrogen-bond acceptors (Lipinski definition) is 4. The van der Waals surface area contributed by atoms with Crippen molar-refractivity contribution >= 4 is 12.0 Å². The molecule has 1 aromatic heterocycles. The summed E-state index contributed by atoms with van der Waals surface area (Å²) in [5.74, 6) is 0.753. The first-order valence-electron chi connectivity index (χ1n) is 10.3. The Kier molecular flexibility index (Phi) is 10.4. The summed E-state index contributed by atoms with van der Waals surface area (Å²) in [5, 5.41) is 8.71. The number of aliphatic carboxylic acids is 1. The molecule has 0 amide bonds. The third-order valence-electron chi connectivity index (χ3n) is 4.64. The van der Waals surface area contributed by atoms with Gasteiger partial charge in [0, 0.05) is 6.20 Å². The molecular formula is C24H31NO4. The molecular weight excluding hydrogens is 366 g/mol. The van der Waals surface area contributed by atoms with E-state index < -0.39 is 5.97 Å². The summed E-state index contributed by atoms with van der Waals surface area (Å²) >= 11 is 0. The van der Waals surface area contributed by atoms with Crippen LogP contribution < -0.4 is 9.47 Å². The minimum atomic E-state index is -0.858. The number of unbranched alkanes of at least 4 members (excludes halogenated alkanes) is 5. The van der Waals surface area contributed by atoms with Crippen molar-refractivity contribution in [3.63, 3.8) is 0 Å². The molecule has 0 aliphatic rings. The highest BCUT2D eigenvalue weighted by Crippen LogP contribution is 2.18. The lowest BCUT2D eigenvalue weighted by molar-refractivity contribution is -0.135. The Balaban J connectivity index is 1.55. The molecule has 0 saturated heterocycles. The summed E-state index contributed by atoms with van der Waals surface area (Å²) < 4.78 is 11.0. The van der Waals surface area contributed by atoms with E-state index in [-0.39, 0.29) is 6.42 Å². The summed E-state index contributed by atoms with van der Waals surface area (Å²) in [4.78, 5) is 14.8. The van der Waals surface area contributed by atoms with Crippen LogP contribution >= 0.6 is 0 Å². The SMILES string of the molecule is COc1ccc(CCCCCCCCOc2cccnc2C=CCC(=O)O)cc1. The maximum absolute atomic E-state index is 10.6. The number of pyridine rings is 1. The number of carboxylic acid groups (broad SMARTS) is 1. The number of benzene rings is 1. The van der Waals surface area contributed by atoms with Crippen molar-refractivity contribution in [1.29, 1.82) is 0 Å². The van der Waals surface area contributed by atoms with Crippen LogP contribution in [-0.4, -0.2) is 29.8 Å². The van der Waals surface area contributed by atoms with Gasteiger partial charge in [-0.1, -0.05) is 43.9 Å². The number of carboxylic acids is 1.